The number of fused-ring (bicyclic) bond motifs is 1. The Balaban J connectivity index is 1.66. The molecule has 0 unspecified atom stereocenters. The van der Waals surface area contributed by atoms with E-state index in [2.05, 4.69) is 20.4 Å². The Hall–Kier alpha value is -1.99. The lowest BCUT2D eigenvalue weighted by Gasteiger charge is -2.03. The molecule has 0 atom stereocenters. The van der Waals surface area contributed by atoms with Crippen LogP contribution in [0.25, 0.3) is 5.65 Å². The predicted octanol–water partition coefficient (Wildman–Crippen LogP) is 1.08. The van der Waals surface area contributed by atoms with Gasteiger partial charge in [-0.1, -0.05) is 11.3 Å². The molecule has 0 aliphatic heterocycles. The van der Waals surface area contributed by atoms with Crippen molar-refractivity contribution in [3.63, 3.8) is 0 Å². The smallest absolute Gasteiger partial charge is 0.304 e. The minimum atomic E-state index is -0.0214. The van der Waals surface area contributed by atoms with E-state index in [-0.39, 0.29) is 4.87 Å². The Labute approximate surface area is 113 Å². The van der Waals surface area contributed by atoms with Crippen molar-refractivity contribution < 1.29 is 0 Å². The minimum absolute atomic E-state index is 0.0214. The summed E-state index contributed by atoms with van der Waals surface area (Å²) in [6.07, 6.45) is 3.79. The highest BCUT2D eigenvalue weighted by molar-refractivity contribution is 7.07. The third-order valence-electron chi connectivity index (χ3n) is 2.70. The van der Waals surface area contributed by atoms with Crippen LogP contribution in [0.15, 0.2) is 28.6 Å². The van der Waals surface area contributed by atoms with Gasteiger partial charge in [0.1, 0.15) is 0 Å². The van der Waals surface area contributed by atoms with Crippen LogP contribution in [0.1, 0.15) is 17.0 Å². The summed E-state index contributed by atoms with van der Waals surface area (Å²) in [6.45, 7) is 3.26. The molecule has 6 nitrogen and oxygen atoms in total. The molecule has 0 fully saturated rings. The topological polar surface area (TPSA) is 75.1 Å². The molecule has 0 saturated heterocycles. The minimum Gasteiger partial charge on any atom is -0.315 e. The number of hydrogen-bond donors (Lipinski definition) is 2. The number of aromatic amines is 1. The van der Waals surface area contributed by atoms with Crippen LogP contribution in [-0.4, -0.2) is 19.6 Å². The first-order valence-electron chi connectivity index (χ1n) is 5.89. The number of H-pyrrole nitrogens is 1. The zero-order valence-corrected chi connectivity index (χ0v) is 11.2. The molecule has 2 N–H and O–H groups in total. The molecule has 3 aromatic heterocycles. The zero-order chi connectivity index (χ0) is 13.2. The van der Waals surface area contributed by atoms with E-state index in [0.717, 1.165) is 22.6 Å². The second-order valence-electron chi connectivity index (χ2n) is 4.33. The van der Waals surface area contributed by atoms with Crippen LogP contribution in [0, 0.1) is 6.92 Å². The van der Waals surface area contributed by atoms with Crippen LogP contribution >= 0.6 is 11.3 Å². The molecule has 0 saturated carbocycles. The summed E-state index contributed by atoms with van der Waals surface area (Å²) < 4.78 is 1.78. The average Bonchev–Trinajstić information content (AvgIpc) is 2.94. The van der Waals surface area contributed by atoms with Gasteiger partial charge in [0.05, 0.1) is 5.69 Å². The van der Waals surface area contributed by atoms with Gasteiger partial charge in [-0.05, 0) is 6.92 Å². The van der Waals surface area contributed by atoms with E-state index in [9.17, 15) is 4.79 Å². The highest BCUT2D eigenvalue weighted by atomic mass is 32.1. The first kappa shape index (κ1) is 12.1. The monoisotopic (exact) mass is 275 g/mol. The van der Waals surface area contributed by atoms with Gasteiger partial charge < -0.3 is 10.3 Å². The fourth-order valence-electron chi connectivity index (χ4n) is 1.87. The second kappa shape index (κ2) is 4.94. The SMILES string of the molecule is Cc1cc2ncc(CNCc3csc(=O)[nH]3)cn2n1. The maximum absolute atomic E-state index is 11.0. The Morgan fingerprint density at radius 1 is 1.47 bits per heavy atom. The molecule has 0 radical (unpaired) electrons. The Morgan fingerprint density at radius 2 is 2.37 bits per heavy atom. The molecule has 0 amide bonds. The van der Waals surface area contributed by atoms with Gasteiger partial charge in [-0.15, -0.1) is 0 Å². The molecule has 0 aromatic carbocycles. The summed E-state index contributed by atoms with van der Waals surface area (Å²) >= 11 is 1.18. The van der Waals surface area contributed by atoms with Crippen LogP contribution in [0.2, 0.25) is 0 Å². The normalized spacial score (nSPS) is 11.2. The van der Waals surface area contributed by atoms with E-state index < -0.39 is 0 Å². The largest absolute Gasteiger partial charge is 0.315 e. The molecule has 0 spiro atoms. The third kappa shape index (κ3) is 2.72. The number of aromatic nitrogens is 4. The molecular weight excluding hydrogens is 262 g/mol. The van der Waals surface area contributed by atoms with E-state index >= 15 is 0 Å². The van der Waals surface area contributed by atoms with Gasteiger partial charge in [-0.3, -0.25) is 4.79 Å². The second-order valence-corrected chi connectivity index (χ2v) is 5.17. The molecule has 3 rings (SSSR count). The predicted molar refractivity (Wildman–Crippen MR) is 73.2 cm³/mol. The number of rotatable bonds is 4. The summed E-state index contributed by atoms with van der Waals surface area (Å²) in [5.74, 6) is 0. The van der Waals surface area contributed by atoms with Crippen molar-refractivity contribution in [2.75, 3.05) is 0 Å². The Morgan fingerprint density at radius 3 is 3.16 bits per heavy atom. The van der Waals surface area contributed by atoms with Gasteiger partial charge in [-0.2, -0.15) is 5.10 Å². The lowest BCUT2D eigenvalue weighted by atomic mass is 10.3. The number of aryl methyl sites for hydroxylation is 1. The van der Waals surface area contributed by atoms with Gasteiger partial charge in [0.25, 0.3) is 0 Å². The highest BCUT2D eigenvalue weighted by Crippen LogP contribution is 2.05. The van der Waals surface area contributed by atoms with Crippen molar-refractivity contribution in [2.24, 2.45) is 0 Å². The van der Waals surface area contributed by atoms with Crippen LogP contribution in [0.5, 0.6) is 0 Å². The van der Waals surface area contributed by atoms with E-state index in [1.165, 1.54) is 11.3 Å². The molecule has 3 heterocycles. The first-order chi connectivity index (χ1) is 9.20. The van der Waals surface area contributed by atoms with Gasteiger partial charge in [-0.25, -0.2) is 9.50 Å². The highest BCUT2D eigenvalue weighted by Gasteiger charge is 2.01. The fraction of sp³-hybridized carbons (Fsp3) is 0.250. The van der Waals surface area contributed by atoms with Gasteiger partial charge in [0, 0.05) is 48.2 Å². The molecule has 0 bridgehead atoms. The first-order valence-corrected chi connectivity index (χ1v) is 6.77. The van der Waals surface area contributed by atoms with Crippen molar-refractivity contribution in [3.05, 3.63) is 50.5 Å². The number of nitrogens with one attached hydrogen (secondary N) is 2. The summed E-state index contributed by atoms with van der Waals surface area (Å²) in [5.41, 5.74) is 3.75. The van der Waals surface area contributed by atoms with E-state index in [1.54, 1.807) is 4.52 Å². The van der Waals surface area contributed by atoms with E-state index in [1.807, 2.05) is 30.8 Å². The average molecular weight is 275 g/mol. The van der Waals surface area contributed by atoms with Crippen molar-refractivity contribution in [1.29, 1.82) is 0 Å². The molecule has 7 heteroatoms. The molecule has 19 heavy (non-hydrogen) atoms. The van der Waals surface area contributed by atoms with Crippen molar-refractivity contribution in [1.82, 2.24) is 24.9 Å². The summed E-state index contributed by atoms with van der Waals surface area (Å²) in [4.78, 5) is 18.1. The van der Waals surface area contributed by atoms with Crippen molar-refractivity contribution in [2.45, 2.75) is 20.0 Å². The van der Waals surface area contributed by atoms with Crippen LogP contribution in [0.4, 0.5) is 0 Å². The lowest BCUT2D eigenvalue weighted by Crippen LogP contribution is -2.14. The number of hydrogen-bond acceptors (Lipinski definition) is 5. The number of nitrogens with zero attached hydrogens (tertiary/aromatic N) is 3. The van der Waals surface area contributed by atoms with Crippen molar-refractivity contribution in [3.8, 4) is 0 Å². The molecule has 0 aliphatic rings. The third-order valence-corrected chi connectivity index (χ3v) is 3.42. The Kier molecular flexibility index (Phi) is 3.14. The summed E-state index contributed by atoms with van der Waals surface area (Å²) in [7, 11) is 0. The van der Waals surface area contributed by atoms with Gasteiger partial charge in [0.2, 0.25) is 0 Å². The van der Waals surface area contributed by atoms with Crippen LogP contribution < -0.4 is 10.2 Å². The van der Waals surface area contributed by atoms with Crippen molar-refractivity contribution >= 4 is 17.0 Å². The molecule has 3 aromatic rings. The lowest BCUT2D eigenvalue weighted by molar-refractivity contribution is 0.675. The van der Waals surface area contributed by atoms with Gasteiger partial charge >= 0.3 is 4.87 Å². The van der Waals surface area contributed by atoms with Crippen LogP contribution in [0.3, 0.4) is 0 Å². The summed E-state index contributed by atoms with van der Waals surface area (Å²) in [5, 5.41) is 9.41. The quantitative estimate of drug-likeness (QED) is 0.747. The fourth-order valence-corrected chi connectivity index (χ4v) is 2.45. The molecular formula is C12H13N5OS. The molecule has 0 aliphatic carbocycles. The maximum atomic E-state index is 11.0. The molecule has 98 valence electrons. The van der Waals surface area contributed by atoms with E-state index in [0.29, 0.717) is 13.1 Å². The van der Waals surface area contributed by atoms with Crippen LogP contribution in [-0.2, 0) is 13.1 Å². The standard InChI is InChI=1S/C12H13N5OS/c1-8-2-11-14-4-9(6-17(11)16-8)3-13-5-10-7-19-12(18)15-10/h2,4,6-7,13H,3,5H2,1H3,(H,15,18). The Bertz CT molecular complexity index is 757. The number of thiazole rings is 1. The van der Waals surface area contributed by atoms with E-state index in [4.69, 9.17) is 0 Å². The van der Waals surface area contributed by atoms with Gasteiger partial charge in [0.15, 0.2) is 5.65 Å². The zero-order valence-electron chi connectivity index (χ0n) is 10.4. The maximum Gasteiger partial charge on any atom is 0.304 e. The summed E-state index contributed by atoms with van der Waals surface area (Å²) in [6, 6.07) is 1.94.